The van der Waals surface area contributed by atoms with Gasteiger partial charge in [0.15, 0.2) is 0 Å². The first-order valence-electron chi connectivity index (χ1n) is 7.62. The van der Waals surface area contributed by atoms with E-state index in [9.17, 15) is 14.4 Å². The Morgan fingerprint density at radius 1 is 0.957 bits per heavy atom. The van der Waals surface area contributed by atoms with Gasteiger partial charge < -0.3 is 24.8 Å². The lowest BCUT2D eigenvalue weighted by Crippen LogP contribution is -2.33. The zero-order valence-electron chi connectivity index (χ0n) is 14.4. The molecule has 0 spiro atoms. The summed E-state index contributed by atoms with van der Waals surface area (Å²) >= 11 is 0. The molecule has 2 N–H and O–H groups in total. The van der Waals surface area contributed by atoms with Gasteiger partial charge >= 0.3 is 12.1 Å². The molecule has 0 saturated carbocycles. The third kappa shape index (κ3) is 14.9. The molecule has 0 fully saturated rings. The minimum atomic E-state index is -0.532. The molecule has 134 valence electrons. The lowest BCUT2D eigenvalue weighted by molar-refractivity contribution is -0.141. The predicted octanol–water partition coefficient (Wildman–Crippen LogP) is 0.987. The van der Waals surface area contributed by atoms with Crippen LogP contribution in [0.1, 0.15) is 40.0 Å². The topological polar surface area (TPSA) is 103 Å². The number of nitrogens with one attached hydrogen (secondary N) is 2. The molecule has 0 rings (SSSR count). The van der Waals surface area contributed by atoms with Crippen molar-refractivity contribution in [1.82, 2.24) is 10.6 Å². The Morgan fingerprint density at radius 3 is 2.26 bits per heavy atom. The van der Waals surface area contributed by atoms with Crippen molar-refractivity contribution in [3.63, 3.8) is 0 Å². The van der Waals surface area contributed by atoms with Gasteiger partial charge in [0, 0.05) is 19.5 Å². The fourth-order valence-electron chi connectivity index (χ4n) is 1.46. The Kier molecular flexibility index (Phi) is 10.8. The van der Waals surface area contributed by atoms with Crippen molar-refractivity contribution in [2.45, 2.75) is 45.6 Å². The summed E-state index contributed by atoms with van der Waals surface area (Å²) in [4.78, 5) is 33.7. The van der Waals surface area contributed by atoms with Crippen LogP contribution in [0.2, 0.25) is 0 Å². The standard InChI is InChI=1S/C15H28N2O6/c1-15(2,3)23-14(20)17-8-5-6-12(18)16-9-11-22-10-7-13(19)21-4/h5-11H2,1-4H3,(H,16,18)(H,17,20). The van der Waals surface area contributed by atoms with Gasteiger partial charge in [0.1, 0.15) is 5.60 Å². The SMILES string of the molecule is COC(=O)CCOCCNC(=O)CCCNC(=O)OC(C)(C)C. The van der Waals surface area contributed by atoms with Crippen molar-refractivity contribution in [3.05, 3.63) is 0 Å². The fourth-order valence-corrected chi connectivity index (χ4v) is 1.46. The second-order valence-electron chi connectivity index (χ2n) is 5.82. The summed E-state index contributed by atoms with van der Waals surface area (Å²) in [5.41, 5.74) is -0.532. The maximum absolute atomic E-state index is 11.5. The molecular formula is C15H28N2O6. The zero-order valence-corrected chi connectivity index (χ0v) is 14.4. The van der Waals surface area contributed by atoms with Crippen LogP contribution < -0.4 is 10.6 Å². The van der Waals surface area contributed by atoms with Gasteiger partial charge in [-0.05, 0) is 27.2 Å². The van der Waals surface area contributed by atoms with E-state index in [0.717, 1.165) is 0 Å². The maximum Gasteiger partial charge on any atom is 0.407 e. The molecule has 0 saturated heterocycles. The van der Waals surface area contributed by atoms with E-state index in [1.165, 1.54) is 7.11 Å². The molecule has 0 atom stereocenters. The van der Waals surface area contributed by atoms with Gasteiger partial charge in [-0.3, -0.25) is 9.59 Å². The van der Waals surface area contributed by atoms with Crippen molar-refractivity contribution in [1.29, 1.82) is 0 Å². The smallest absolute Gasteiger partial charge is 0.407 e. The summed E-state index contributed by atoms with van der Waals surface area (Å²) in [7, 11) is 1.32. The molecule has 0 aromatic rings. The molecule has 0 aromatic heterocycles. The van der Waals surface area contributed by atoms with Crippen LogP contribution >= 0.6 is 0 Å². The van der Waals surface area contributed by atoms with E-state index in [2.05, 4.69) is 15.4 Å². The van der Waals surface area contributed by atoms with Gasteiger partial charge in [-0.2, -0.15) is 0 Å². The molecule has 0 aliphatic heterocycles. The quantitative estimate of drug-likeness (QED) is 0.457. The number of carbonyl (C=O) groups is 3. The minimum absolute atomic E-state index is 0.118. The third-order valence-electron chi connectivity index (χ3n) is 2.50. The normalized spacial score (nSPS) is 10.8. The van der Waals surface area contributed by atoms with Gasteiger partial charge in [0.25, 0.3) is 0 Å². The van der Waals surface area contributed by atoms with Gasteiger partial charge in [-0.25, -0.2) is 4.79 Å². The van der Waals surface area contributed by atoms with Crippen LogP contribution in [0.3, 0.4) is 0 Å². The Labute approximate surface area is 137 Å². The Morgan fingerprint density at radius 2 is 1.65 bits per heavy atom. The van der Waals surface area contributed by atoms with Crippen LogP contribution in [0.5, 0.6) is 0 Å². The second-order valence-corrected chi connectivity index (χ2v) is 5.82. The number of esters is 1. The first-order valence-corrected chi connectivity index (χ1v) is 7.62. The first kappa shape index (κ1) is 21.2. The molecule has 2 amide bonds. The van der Waals surface area contributed by atoms with Gasteiger partial charge in [-0.15, -0.1) is 0 Å². The molecule has 0 radical (unpaired) electrons. The second kappa shape index (κ2) is 11.7. The summed E-state index contributed by atoms with van der Waals surface area (Å²) in [6.45, 7) is 6.70. The van der Waals surface area contributed by atoms with Crippen LogP contribution in [-0.2, 0) is 23.8 Å². The highest BCUT2D eigenvalue weighted by Crippen LogP contribution is 2.06. The number of alkyl carbamates (subject to hydrolysis) is 1. The van der Waals surface area contributed by atoms with Gasteiger partial charge in [0.05, 0.1) is 26.7 Å². The first-order chi connectivity index (χ1) is 10.7. The lowest BCUT2D eigenvalue weighted by atomic mass is 10.2. The number of ether oxygens (including phenoxy) is 3. The predicted molar refractivity (Wildman–Crippen MR) is 83.9 cm³/mol. The molecule has 0 bridgehead atoms. The Hall–Kier alpha value is -1.83. The van der Waals surface area contributed by atoms with Crippen LogP contribution in [0, 0.1) is 0 Å². The van der Waals surface area contributed by atoms with Crippen LogP contribution in [0.25, 0.3) is 0 Å². The summed E-state index contributed by atoms with van der Waals surface area (Å²) in [6, 6.07) is 0. The van der Waals surface area contributed by atoms with Crippen molar-refractivity contribution >= 4 is 18.0 Å². The van der Waals surface area contributed by atoms with Crippen molar-refractivity contribution in [2.75, 3.05) is 33.4 Å². The van der Waals surface area contributed by atoms with Gasteiger partial charge in [0.2, 0.25) is 5.91 Å². The van der Waals surface area contributed by atoms with Crippen LogP contribution in [0.4, 0.5) is 4.79 Å². The lowest BCUT2D eigenvalue weighted by Gasteiger charge is -2.19. The highest BCUT2D eigenvalue weighted by Gasteiger charge is 2.15. The van der Waals surface area contributed by atoms with E-state index in [-0.39, 0.29) is 24.9 Å². The number of hydrogen-bond acceptors (Lipinski definition) is 6. The van der Waals surface area contributed by atoms with E-state index in [4.69, 9.17) is 9.47 Å². The number of rotatable bonds is 10. The van der Waals surface area contributed by atoms with Crippen LogP contribution in [-0.4, -0.2) is 57.0 Å². The minimum Gasteiger partial charge on any atom is -0.469 e. The average molecular weight is 332 g/mol. The molecule has 23 heavy (non-hydrogen) atoms. The number of methoxy groups -OCH3 is 1. The van der Waals surface area contributed by atoms with Crippen molar-refractivity contribution in [3.8, 4) is 0 Å². The van der Waals surface area contributed by atoms with E-state index in [1.54, 1.807) is 20.8 Å². The largest absolute Gasteiger partial charge is 0.469 e. The summed E-state index contributed by atoms with van der Waals surface area (Å²) in [5.74, 6) is -0.445. The molecule has 0 aliphatic rings. The van der Waals surface area contributed by atoms with E-state index >= 15 is 0 Å². The van der Waals surface area contributed by atoms with Gasteiger partial charge in [-0.1, -0.05) is 0 Å². The average Bonchev–Trinajstić information content (AvgIpc) is 2.45. The zero-order chi connectivity index (χ0) is 17.7. The Bertz CT molecular complexity index is 379. The number of hydrogen-bond donors (Lipinski definition) is 2. The maximum atomic E-state index is 11.5. The summed E-state index contributed by atoms with van der Waals surface area (Å²) in [6.07, 6.45) is 0.532. The summed E-state index contributed by atoms with van der Waals surface area (Å²) < 4.78 is 14.7. The van der Waals surface area contributed by atoms with E-state index in [1.807, 2.05) is 0 Å². The van der Waals surface area contributed by atoms with Crippen molar-refractivity contribution in [2.24, 2.45) is 0 Å². The number of carbonyl (C=O) groups excluding carboxylic acids is 3. The fraction of sp³-hybridized carbons (Fsp3) is 0.800. The monoisotopic (exact) mass is 332 g/mol. The van der Waals surface area contributed by atoms with Crippen molar-refractivity contribution < 1.29 is 28.6 Å². The number of amides is 2. The molecule has 8 nitrogen and oxygen atoms in total. The summed E-state index contributed by atoms with van der Waals surface area (Å²) in [5, 5.41) is 5.27. The molecule has 0 heterocycles. The molecule has 0 aromatic carbocycles. The molecule has 0 aliphatic carbocycles. The third-order valence-corrected chi connectivity index (χ3v) is 2.50. The van der Waals surface area contributed by atoms with E-state index in [0.29, 0.717) is 32.5 Å². The van der Waals surface area contributed by atoms with Crippen LogP contribution in [0.15, 0.2) is 0 Å². The highest BCUT2D eigenvalue weighted by atomic mass is 16.6. The highest BCUT2D eigenvalue weighted by molar-refractivity contribution is 5.75. The Balaban J connectivity index is 3.47. The molecule has 0 unspecified atom stereocenters. The molecular weight excluding hydrogens is 304 g/mol. The molecule has 8 heteroatoms. The van der Waals surface area contributed by atoms with E-state index < -0.39 is 11.7 Å².